The molecule has 0 aliphatic rings. The van der Waals surface area contributed by atoms with Crippen molar-refractivity contribution in [3.8, 4) is 5.75 Å². The molecule has 0 saturated heterocycles. The first-order chi connectivity index (χ1) is 8.43. The van der Waals surface area contributed by atoms with Crippen molar-refractivity contribution in [1.29, 1.82) is 0 Å². The first-order valence-electron chi connectivity index (χ1n) is 5.80. The van der Waals surface area contributed by atoms with E-state index in [1.54, 1.807) is 14.2 Å². The molecular formula is C13H21N3O2. The van der Waals surface area contributed by atoms with Crippen LogP contribution in [-0.2, 0) is 4.79 Å². The lowest BCUT2D eigenvalue weighted by Gasteiger charge is -2.19. The minimum atomic E-state index is -0.694. The van der Waals surface area contributed by atoms with E-state index in [-0.39, 0.29) is 5.91 Å². The van der Waals surface area contributed by atoms with E-state index in [4.69, 9.17) is 10.5 Å². The maximum Gasteiger partial charge on any atom is 0.255 e. The van der Waals surface area contributed by atoms with Crippen LogP contribution in [0.1, 0.15) is 28.3 Å². The third-order valence-corrected chi connectivity index (χ3v) is 3.14. The van der Waals surface area contributed by atoms with Gasteiger partial charge in [0.1, 0.15) is 11.8 Å². The number of nitrogens with one attached hydrogen (secondary N) is 2. The fourth-order valence-corrected chi connectivity index (χ4v) is 2.07. The molecule has 18 heavy (non-hydrogen) atoms. The molecule has 100 valence electrons. The lowest BCUT2D eigenvalue weighted by Crippen LogP contribution is -2.41. The number of carbonyl (C=O) groups is 1. The zero-order valence-electron chi connectivity index (χ0n) is 11.5. The summed E-state index contributed by atoms with van der Waals surface area (Å²) in [5.74, 6) is 0.585. The zero-order chi connectivity index (χ0) is 13.9. The predicted molar refractivity (Wildman–Crippen MR) is 71.3 cm³/mol. The molecule has 0 bridgehead atoms. The van der Waals surface area contributed by atoms with Crippen molar-refractivity contribution in [1.82, 2.24) is 10.9 Å². The smallest absolute Gasteiger partial charge is 0.255 e. The average molecular weight is 251 g/mol. The molecule has 1 rings (SSSR count). The third-order valence-electron chi connectivity index (χ3n) is 3.14. The molecule has 0 fully saturated rings. The van der Waals surface area contributed by atoms with E-state index in [1.165, 1.54) is 0 Å². The number of rotatable bonds is 4. The third kappa shape index (κ3) is 2.63. The fraction of sp³-hybridized carbons (Fsp3) is 0.462. The number of aryl methyl sites for hydroxylation is 1. The minimum Gasteiger partial charge on any atom is -0.496 e. The van der Waals surface area contributed by atoms with Gasteiger partial charge in [-0.05, 0) is 43.0 Å². The molecule has 0 aliphatic heterocycles. The van der Waals surface area contributed by atoms with Crippen LogP contribution in [0.25, 0.3) is 0 Å². The SMILES string of the molecule is CNNC(=O)C(N)c1cc(C)c(OC)c(C)c1C. The number of hydrogen-bond acceptors (Lipinski definition) is 4. The summed E-state index contributed by atoms with van der Waals surface area (Å²) in [5, 5.41) is 0. The second-order valence-electron chi connectivity index (χ2n) is 4.28. The number of hydrazine groups is 1. The van der Waals surface area contributed by atoms with Gasteiger partial charge in [-0.1, -0.05) is 6.07 Å². The monoisotopic (exact) mass is 251 g/mol. The van der Waals surface area contributed by atoms with Gasteiger partial charge in [-0.3, -0.25) is 10.2 Å². The van der Waals surface area contributed by atoms with Gasteiger partial charge in [-0.2, -0.15) is 0 Å². The molecular weight excluding hydrogens is 230 g/mol. The zero-order valence-corrected chi connectivity index (χ0v) is 11.5. The Morgan fingerprint density at radius 1 is 1.33 bits per heavy atom. The number of ether oxygens (including phenoxy) is 1. The Morgan fingerprint density at radius 2 is 1.94 bits per heavy atom. The van der Waals surface area contributed by atoms with Crippen molar-refractivity contribution in [2.75, 3.05) is 14.2 Å². The van der Waals surface area contributed by atoms with Crippen molar-refractivity contribution >= 4 is 5.91 Å². The summed E-state index contributed by atoms with van der Waals surface area (Å²) in [5.41, 5.74) is 14.8. The number of nitrogens with two attached hydrogens (primary N) is 1. The van der Waals surface area contributed by atoms with Crippen LogP contribution in [0.15, 0.2) is 6.07 Å². The Bertz CT molecular complexity index is 458. The van der Waals surface area contributed by atoms with E-state index >= 15 is 0 Å². The van der Waals surface area contributed by atoms with Crippen LogP contribution < -0.4 is 21.3 Å². The second-order valence-corrected chi connectivity index (χ2v) is 4.28. The van der Waals surface area contributed by atoms with Gasteiger partial charge in [0, 0.05) is 7.05 Å². The number of amides is 1. The second kappa shape index (κ2) is 5.84. The van der Waals surface area contributed by atoms with E-state index in [9.17, 15) is 4.79 Å². The Kier molecular flexibility index (Phi) is 4.69. The largest absolute Gasteiger partial charge is 0.496 e. The van der Waals surface area contributed by atoms with Crippen molar-refractivity contribution in [2.24, 2.45) is 5.73 Å². The van der Waals surface area contributed by atoms with E-state index in [2.05, 4.69) is 10.9 Å². The number of carbonyl (C=O) groups excluding carboxylic acids is 1. The van der Waals surface area contributed by atoms with Crippen molar-refractivity contribution < 1.29 is 9.53 Å². The number of hydrogen-bond donors (Lipinski definition) is 3. The van der Waals surface area contributed by atoms with Crippen LogP contribution in [0.2, 0.25) is 0 Å². The molecule has 0 spiro atoms. The van der Waals surface area contributed by atoms with Gasteiger partial charge >= 0.3 is 0 Å². The van der Waals surface area contributed by atoms with E-state index in [0.29, 0.717) is 0 Å². The molecule has 1 unspecified atom stereocenters. The Balaban J connectivity index is 3.22. The molecule has 5 heteroatoms. The molecule has 0 aromatic heterocycles. The van der Waals surface area contributed by atoms with Crippen LogP contribution in [0.3, 0.4) is 0 Å². The topological polar surface area (TPSA) is 76.4 Å². The molecule has 1 aromatic carbocycles. The molecule has 0 saturated carbocycles. The van der Waals surface area contributed by atoms with Crippen LogP contribution in [-0.4, -0.2) is 20.1 Å². The summed E-state index contributed by atoms with van der Waals surface area (Å²) in [4.78, 5) is 11.7. The van der Waals surface area contributed by atoms with Crippen molar-refractivity contribution in [3.63, 3.8) is 0 Å². The highest BCUT2D eigenvalue weighted by atomic mass is 16.5. The van der Waals surface area contributed by atoms with Crippen LogP contribution in [0, 0.1) is 20.8 Å². The van der Waals surface area contributed by atoms with Gasteiger partial charge in [-0.15, -0.1) is 0 Å². The molecule has 4 N–H and O–H groups in total. The quantitative estimate of drug-likeness (QED) is 0.694. The van der Waals surface area contributed by atoms with Crippen LogP contribution >= 0.6 is 0 Å². The van der Waals surface area contributed by atoms with Gasteiger partial charge in [0.15, 0.2) is 0 Å². The Morgan fingerprint density at radius 3 is 2.44 bits per heavy atom. The first-order valence-corrected chi connectivity index (χ1v) is 5.80. The predicted octanol–water partition coefficient (Wildman–Crippen LogP) is 0.871. The van der Waals surface area contributed by atoms with E-state index in [1.807, 2.05) is 26.8 Å². The van der Waals surface area contributed by atoms with Crippen LogP contribution in [0.4, 0.5) is 0 Å². The summed E-state index contributed by atoms with van der Waals surface area (Å²) < 4.78 is 5.35. The van der Waals surface area contributed by atoms with Crippen molar-refractivity contribution in [3.05, 3.63) is 28.3 Å². The molecule has 1 atom stereocenters. The number of methoxy groups -OCH3 is 1. The molecule has 1 aromatic rings. The fourth-order valence-electron chi connectivity index (χ4n) is 2.07. The molecule has 5 nitrogen and oxygen atoms in total. The Labute approximate surface area is 108 Å². The first kappa shape index (κ1) is 14.5. The maximum absolute atomic E-state index is 11.7. The molecule has 1 amide bonds. The lowest BCUT2D eigenvalue weighted by atomic mass is 9.94. The van der Waals surface area contributed by atoms with Gasteiger partial charge in [0.05, 0.1) is 7.11 Å². The standard InChI is InChI=1S/C13H21N3O2/c1-7-6-10(11(14)13(17)16-15-4)8(2)9(3)12(7)18-5/h6,11,15H,14H2,1-5H3,(H,16,17). The van der Waals surface area contributed by atoms with E-state index < -0.39 is 6.04 Å². The highest BCUT2D eigenvalue weighted by molar-refractivity contribution is 5.83. The van der Waals surface area contributed by atoms with Gasteiger partial charge in [0.2, 0.25) is 0 Å². The number of benzene rings is 1. The maximum atomic E-state index is 11.7. The summed E-state index contributed by atoms with van der Waals surface area (Å²) in [6.45, 7) is 5.85. The van der Waals surface area contributed by atoms with Gasteiger partial charge < -0.3 is 10.5 Å². The normalized spacial score (nSPS) is 12.1. The average Bonchev–Trinajstić information content (AvgIpc) is 2.34. The summed E-state index contributed by atoms with van der Waals surface area (Å²) >= 11 is 0. The molecule has 0 heterocycles. The summed E-state index contributed by atoms with van der Waals surface area (Å²) in [6.07, 6.45) is 0. The van der Waals surface area contributed by atoms with Gasteiger partial charge in [0.25, 0.3) is 5.91 Å². The highest BCUT2D eigenvalue weighted by Gasteiger charge is 2.20. The summed E-state index contributed by atoms with van der Waals surface area (Å²) in [7, 11) is 3.27. The highest BCUT2D eigenvalue weighted by Crippen LogP contribution is 2.30. The molecule has 0 radical (unpaired) electrons. The van der Waals surface area contributed by atoms with Gasteiger partial charge in [-0.25, -0.2) is 5.43 Å². The van der Waals surface area contributed by atoms with Crippen LogP contribution in [0.5, 0.6) is 5.75 Å². The van der Waals surface area contributed by atoms with Crippen molar-refractivity contribution in [2.45, 2.75) is 26.8 Å². The lowest BCUT2D eigenvalue weighted by molar-refractivity contribution is -0.123. The Hall–Kier alpha value is -1.59. The minimum absolute atomic E-state index is 0.260. The summed E-state index contributed by atoms with van der Waals surface area (Å²) in [6, 6.07) is 1.21. The molecule has 0 aliphatic carbocycles. The van der Waals surface area contributed by atoms with E-state index in [0.717, 1.165) is 28.0 Å².